The molecule has 1 aliphatic rings. The molecule has 0 bridgehead atoms. The van der Waals surface area contributed by atoms with E-state index in [4.69, 9.17) is 4.74 Å². The number of piperidine rings is 1. The summed E-state index contributed by atoms with van der Waals surface area (Å²) in [4.78, 5) is 26.0. The third-order valence-electron chi connectivity index (χ3n) is 4.24. The standard InChI is InChI=1S/C15H28N2O3/c1-5-6-15(7-9-16-10-8-15)14(19)17(3)11-12(2)13(18)20-4/h12,16H,5-11H2,1-4H3. The van der Waals surface area contributed by atoms with Gasteiger partial charge >= 0.3 is 5.97 Å². The van der Waals surface area contributed by atoms with E-state index in [1.165, 1.54) is 7.11 Å². The highest BCUT2D eigenvalue weighted by atomic mass is 16.5. The van der Waals surface area contributed by atoms with Gasteiger partial charge in [0.1, 0.15) is 0 Å². The maximum absolute atomic E-state index is 12.8. The molecule has 1 saturated heterocycles. The molecule has 1 atom stereocenters. The Labute approximate surface area is 122 Å². The molecule has 20 heavy (non-hydrogen) atoms. The molecule has 116 valence electrons. The normalized spacial score (nSPS) is 19.2. The molecule has 0 saturated carbocycles. The quantitative estimate of drug-likeness (QED) is 0.750. The van der Waals surface area contributed by atoms with Crippen LogP contribution in [0.2, 0.25) is 0 Å². The zero-order valence-electron chi connectivity index (χ0n) is 13.2. The minimum absolute atomic E-state index is 0.177. The molecule has 0 aromatic carbocycles. The lowest BCUT2D eigenvalue weighted by molar-refractivity contribution is -0.149. The Morgan fingerprint density at radius 3 is 2.45 bits per heavy atom. The topological polar surface area (TPSA) is 58.6 Å². The van der Waals surface area contributed by atoms with E-state index in [1.807, 2.05) is 0 Å². The van der Waals surface area contributed by atoms with E-state index in [0.717, 1.165) is 38.8 Å². The molecule has 0 radical (unpaired) electrons. The molecule has 0 aromatic rings. The average molecular weight is 284 g/mol. The van der Waals surface area contributed by atoms with Gasteiger partial charge in [-0.1, -0.05) is 20.3 Å². The number of rotatable bonds is 6. The number of nitrogens with zero attached hydrogens (tertiary/aromatic N) is 1. The Hall–Kier alpha value is -1.10. The molecule has 5 nitrogen and oxygen atoms in total. The largest absolute Gasteiger partial charge is 0.469 e. The summed E-state index contributed by atoms with van der Waals surface area (Å²) in [5, 5.41) is 3.31. The van der Waals surface area contributed by atoms with Crippen molar-refractivity contribution < 1.29 is 14.3 Å². The van der Waals surface area contributed by atoms with Crippen molar-refractivity contribution in [2.45, 2.75) is 39.5 Å². The lowest BCUT2D eigenvalue weighted by Crippen LogP contribution is -2.49. The van der Waals surface area contributed by atoms with E-state index in [1.54, 1.807) is 18.9 Å². The van der Waals surface area contributed by atoms with Gasteiger partial charge in [-0.15, -0.1) is 0 Å². The number of nitrogens with one attached hydrogen (secondary N) is 1. The van der Waals surface area contributed by atoms with E-state index in [2.05, 4.69) is 12.2 Å². The van der Waals surface area contributed by atoms with E-state index >= 15 is 0 Å². The lowest BCUT2D eigenvalue weighted by Gasteiger charge is -2.39. The predicted octanol–water partition coefficient (Wildman–Crippen LogP) is 1.42. The van der Waals surface area contributed by atoms with Gasteiger partial charge in [0.15, 0.2) is 0 Å². The monoisotopic (exact) mass is 284 g/mol. The van der Waals surface area contributed by atoms with Gasteiger partial charge in [0.2, 0.25) is 5.91 Å². The Morgan fingerprint density at radius 1 is 1.35 bits per heavy atom. The molecule has 1 fully saturated rings. The smallest absolute Gasteiger partial charge is 0.310 e. The zero-order valence-corrected chi connectivity index (χ0v) is 13.2. The highest BCUT2D eigenvalue weighted by Crippen LogP contribution is 2.36. The van der Waals surface area contributed by atoms with Crippen LogP contribution in [-0.4, -0.2) is 50.6 Å². The number of esters is 1. The molecule has 0 aromatic heterocycles. The molecule has 1 heterocycles. The summed E-state index contributed by atoms with van der Waals surface area (Å²) in [5.41, 5.74) is -0.245. The number of methoxy groups -OCH3 is 1. The van der Waals surface area contributed by atoms with Crippen molar-refractivity contribution in [3.05, 3.63) is 0 Å². The fraction of sp³-hybridized carbons (Fsp3) is 0.867. The van der Waals surface area contributed by atoms with Crippen molar-refractivity contribution in [1.82, 2.24) is 10.2 Å². The van der Waals surface area contributed by atoms with Crippen LogP contribution in [0.15, 0.2) is 0 Å². The molecule has 1 rings (SSSR count). The number of amides is 1. The summed E-state index contributed by atoms with van der Waals surface area (Å²) in [5.74, 6) is -0.370. The van der Waals surface area contributed by atoms with Gasteiger partial charge in [-0.3, -0.25) is 9.59 Å². The number of ether oxygens (including phenoxy) is 1. The number of carbonyl (C=O) groups is 2. The molecule has 1 aliphatic heterocycles. The van der Waals surface area contributed by atoms with E-state index in [9.17, 15) is 9.59 Å². The molecular formula is C15H28N2O3. The highest BCUT2D eigenvalue weighted by molar-refractivity contribution is 5.83. The molecule has 5 heteroatoms. The third-order valence-corrected chi connectivity index (χ3v) is 4.24. The Balaban J connectivity index is 2.71. The van der Waals surface area contributed by atoms with Crippen LogP contribution < -0.4 is 5.32 Å². The van der Waals surface area contributed by atoms with E-state index in [-0.39, 0.29) is 23.2 Å². The molecule has 0 spiro atoms. The van der Waals surface area contributed by atoms with Crippen LogP contribution in [0.5, 0.6) is 0 Å². The summed E-state index contributed by atoms with van der Waals surface area (Å²) in [6, 6.07) is 0. The second kappa shape index (κ2) is 7.62. The average Bonchev–Trinajstić information content (AvgIpc) is 2.46. The van der Waals surface area contributed by atoms with E-state index < -0.39 is 0 Å². The Bertz CT molecular complexity index is 333. The van der Waals surface area contributed by atoms with Gasteiger partial charge in [-0.25, -0.2) is 0 Å². The summed E-state index contributed by atoms with van der Waals surface area (Å²) in [6.07, 6.45) is 3.70. The van der Waals surface area contributed by atoms with Crippen molar-refractivity contribution in [1.29, 1.82) is 0 Å². The predicted molar refractivity (Wildman–Crippen MR) is 78.3 cm³/mol. The highest BCUT2D eigenvalue weighted by Gasteiger charge is 2.40. The van der Waals surface area contributed by atoms with Gasteiger partial charge in [0.25, 0.3) is 0 Å². The summed E-state index contributed by atoms with van der Waals surface area (Å²) < 4.78 is 4.72. The van der Waals surface area contributed by atoms with Crippen LogP contribution in [0.4, 0.5) is 0 Å². The fourth-order valence-electron chi connectivity index (χ4n) is 3.13. The zero-order chi connectivity index (χ0) is 15.2. The second-order valence-corrected chi connectivity index (χ2v) is 5.89. The maximum Gasteiger partial charge on any atom is 0.310 e. The van der Waals surface area contributed by atoms with Gasteiger partial charge in [-0.2, -0.15) is 0 Å². The number of hydrogen-bond acceptors (Lipinski definition) is 4. The first-order valence-corrected chi connectivity index (χ1v) is 7.51. The van der Waals surface area contributed by atoms with Crippen molar-refractivity contribution >= 4 is 11.9 Å². The first-order chi connectivity index (χ1) is 9.46. The second-order valence-electron chi connectivity index (χ2n) is 5.89. The molecule has 1 unspecified atom stereocenters. The maximum atomic E-state index is 12.8. The Morgan fingerprint density at radius 2 is 1.95 bits per heavy atom. The van der Waals surface area contributed by atoms with Crippen LogP contribution in [0.25, 0.3) is 0 Å². The van der Waals surface area contributed by atoms with E-state index in [0.29, 0.717) is 6.54 Å². The van der Waals surface area contributed by atoms with Gasteiger partial charge in [0.05, 0.1) is 18.4 Å². The number of hydrogen-bond donors (Lipinski definition) is 1. The summed E-state index contributed by atoms with van der Waals surface area (Å²) >= 11 is 0. The van der Waals surface area contributed by atoms with Gasteiger partial charge in [-0.05, 0) is 32.4 Å². The molecule has 0 aliphatic carbocycles. The summed E-state index contributed by atoms with van der Waals surface area (Å²) in [6.45, 7) is 6.13. The van der Waals surface area contributed by atoms with Crippen molar-refractivity contribution in [3.63, 3.8) is 0 Å². The molecule has 1 N–H and O–H groups in total. The summed E-state index contributed by atoms with van der Waals surface area (Å²) in [7, 11) is 3.17. The van der Waals surface area contributed by atoms with Crippen molar-refractivity contribution in [2.75, 3.05) is 33.8 Å². The SMILES string of the molecule is CCCC1(C(=O)N(C)CC(C)C(=O)OC)CCNCC1. The van der Waals surface area contributed by atoms with Crippen LogP contribution in [-0.2, 0) is 14.3 Å². The van der Waals surface area contributed by atoms with Gasteiger partial charge < -0.3 is 15.0 Å². The van der Waals surface area contributed by atoms with Crippen LogP contribution in [0.3, 0.4) is 0 Å². The first kappa shape index (κ1) is 17.0. The first-order valence-electron chi connectivity index (χ1n) is 7.51. The Kier molecular flexibility index (Phi) is 6.46. The van der Waals surface area contributed by atoms with Crippen LogP contribution in [0.1, 0.15) is 39.5 Å². The molecular weight excluding hydrogens is 256 g/mol. The van der Waals surface area contributed by atoms with Crippen LogP contribution >= 0.6 is 0 Å². The minimum atomic E-state index is -0.283. The van der Waals surface area contributed by atoms with Crippen molar-refractivity contribution in [2.24, 2.45) is 11.3 Å². The van der Waals surface area contributed by atoms with Gasteiger partial charge in [0, 0.05) is 13.6 Å². The van der Waals surface area contributed by atoms with Crippen LogP contribution in [0, 0.1) is 11.3 Å². The molecule has 1 amide bonds. The third kappa shape index (κ3) is 3.95. The number of carbonyl (C=O) groups excluding carboxylic acids is 2. The fourth-order valence-corrected chi connectivity index (χ4v) is 3.13. The minimum Gasteiger partial charge on any atom is -0.469 e. The lowest BCUT2D eigenvalue weighted by atomic mass is 9.74. The van der Waals surface area contributed by atoms with Crippen molar-refractivity contribution in [3.8, 4) is 0 Å².